The Hall–Kier alpha value is -1.42. The molecular weight excluding hydrogens is 182 g/mol. The van der Waals surface area contributed by atoms with E-state index >= 15 is 0 Å². The molecule has 0 aliphatic heterocycles. The van der Waals surface area contributed by atoms with Gasteiger partial charge in [0.25, 0.3) is 0 Å². The van der Waals surface area contributed by atoms with E-state index in [1.807, 2.05) is 6.92 Å². The Bertz CT molecular complexity index is 336. The largest absolute Gasteiger partial charge is 0.465 e. The highest BCUT2D eigenvalue weighted by molar-refractivity contribution is 5.90. The molecule has 1 rings (SSSR count). The summed E-state index contributed by atoms with van der Waals surface area (Å²) in [4.78, 5) is 15.2. The van der Waals surface area contributed by atoms with E-state index in [4.69, 9.17) is 5.11 Å². The van der Waals surface area contributed by atoms with Gasteiger partial charge in [-0.3, -0.25) is 4.98 Å². The van der Waals surface area contributed by atoms with Crippen molar-refractivity contribution in [1.29, 1.82) is 0 Å². The minimum atomic E-state index is -0.394. The Labute approximate surface area is 82.5 Å². The predicted molar refractivity (Wildman–Crippen MR) is 51.1 cm³/mol. The highest BCUT2D eigenvalue weighted by Gasteiger charge is 2.11. The van der Waals surface area contributed by atoms with Crippen LogP contribution in [0.15, 0.2) is 12.4 Å². The van der Waals surface area contributed by atoms with Crippen molar-refractivity contribution >= 4 is 5.97 Å². The van der Waals surface area contributed by atoms with Gasteiger partial charge in [-0.25, -0.2) is 4.79 Å². The van der Waals surface area contributed by atoms with Gasteiger partial charge in [-0.2, -0.15) is 0 Å². The standard InChI is InChI=1S/C10H13NO3/c1-7-8(3-4-12)5-11-6-9(7)10(13)14-2/h5-6,12H,3-4H2,1-2H3. The lowest BCUT2D eigenvalue weighted by molar-refractivity contribution is 0.0599. The van der Waals surface area contributed by atoms with Crippen LogP contribution in [0.2, 0.25) is 0 Å². The van der Waals surface area contributed by atoms with Gasteiger partial charge in [-0.15, -0.1) is 0 Å². The molecule has 0 radical (unpaired) electrons. The van der Waals surface area contributed by atoms with E-state index in [0.717, 1.165) is 11.1 Å². The second-order valence-corrected chi connectivity index (χ2v) is 2.94. The summed E-state index contributed by atoms with van der Waals surface area (Å²) >= 11 is 0. The summed E-state index contributed by atoms with van der Waals surface area (Å²) in [6, 6.07) is 0. The molecule has 0 aliphatic carbocycles. The van der Waals surface area contributed by atoms with E-state index in [1.165, 1.54) is 13.3 Å². The van der Waals surface area contributed by atoms with Gasteiger partial charge < -0.3 is 9.84 Å². The molecule has 0 saturated heterocycles. The second kappa shape index (κ2) is 4.72. The molecule has 1 N–H and O–H groups in total. The number of aliphatic hydroxyl groups is 1. The summed E-state index contributed by atoms with van der Waals surface area (Å²) in [5.74, 6) is -0.394. The number of pyridine rings is 1. The lowest BCUT2D eigenvalue weighted by Crippen LogP contribution is -2.07. The van der Waals surface area contributed by atoms with Gasteiger partial charge in [-0.1, -0.05) is 0 Å². The van der Waals surface area contributed by atoms with E-state index in [-0.39, 0.29) is 6.61 Å². The van der Waals surface area contributed by atoms with Crippen molar-refractivity contribution in [3.63, 3.8) is 0 Å². The van der Waals surface area contributed by atoms with Crippen LogP contribution in [0.3, 0.4) is 0 Å². The Morgan fingerprint density at radius 2 is 2.29 bits per heavy atom. The molecule has 0 amide bonds. The summed E-state index contributed by atoms with van der Waals surface area (Å²) in [5.41, 5.74) is 2.15. The number of hydrogen-bond donors (Lipinski definition) is 1. The molecule has 0 aromatic carbocycles. The van der Waals surface area contributed by atoms with Gasteiger partial charge in [0.05, 0.1) is 12.7 Å². The van der Waals surface area contributed by atoms with Crippen LogP contribution in [0.4, 0.5) is 0 Å². The maximum Gasteiger partial charge on any atom is 0.339 e. The zero-order valence-corrected chi connectivity index (χ0v) is 8.28. The van der Waals surface area contributed by atoms with E-state index < -0.39 is 5.97 Å². The maximum absolute atomic E-state index is 11.3. The zero-order chi connectivity index (χ0) is 10.6. The number of esters is 1. The fraction of sp³-hybridized carbons (Fsp3) is 0.400. The highest BCUT2D eigenvalue weighted by Crippen LogP contribution is 2.13. The molecule has 14 heavy (non-hydrogen) atoms. The van der Waals surface area contributed by atoms with Crippen LogP contribution in [-0.4, -0.2) is 29.8 Å². The van der Waals surface area contributed by atoms with Crippen LogP contribution in [-0.2, 0) is 11.2 Å². The van der Waals surface area contributed by atoms with Crippen LogP contribution in [0.25, 0.3) is 0 Å². The Morgan fingerprint density at radius 3 is 2.86 bits per heavy atom. The molecule has 0 bridgehead atoms. The fourth-order valence-corrected chi connectivity index (χ4v) is 1.26. The average molecular weight is 195 g/mol. The molecule has 0 spiro atoms. The number of aromatic nitrogens is 1. The molecule has 0 unspecified atom stereocenters. The third-order valence-corrected chi connectivity index (χ3v) is 2.11. The topological polar surface area (TPSA) is 59.4 Å². The monoisotopic (exact) mass is 195 g/mol. The summed E-state index contributed by atoms with van der Waals surface area (Å²) in [6.07, 6.45) is 3.63. The smallest absolute Gasteiger partial charge is 0.339 e. The first-order valence-corrected chi connectivity index (χ1v) is 4.33. The molecule has 1 heterocycles. The van der Waals surface area contributed by atoms with Crippen LogP contribution < -0.4 is 0 Å². The molecule has 1 aromatic rings. The van der Waals surface area contributed by atoms with Crippen LogP contribution >= 0.6 is 0 Å². The first kappa shape index (κ1) is 10.7. The molecule has 0 fully saturated rings. The number of ether oxygens (including phenoxy) is 1. The average Bonchev–Trinajstić information content (AvgIpc) is 2.20. The van der Waals surface area contributed by atoms with E-state index in [2.05, 4.69) is 9.72 Å². The lowest BCUT2D eigenvalue weighted by atomic mass is 10.0. The molecule has 4 heteroatoms. The van der Waals surface area contributed by atoms with Gasteiger partial charge in [0.2, 0.25) is 0 Å². The predicted octanol–water partition coefficient (Wildman–Crippen LogP) is 0.711. The Balaban J connectivity index is 3.07. The summed E-state index contributed by atoms with van der Waals surface area (Å²) in [7, 11) is 1.33. The SMILES string of the molecule is COC(=O)c1cncc(CCO)c1C. The summed E-state index contributed by atoms with van der Waals surface area (Å²) < 4.78 is 4.61. The number of aliphatic hydroxyl groups excluding tert-OH is 1. The Kier molecular flexibility index (Phi) is 3.59. The quantitative estimate of drug-likeness (QED) is 0.722. The first-order valence-electron chi connectivity index (χ1n) is 4.33. The molecule has 1 aromatic heterocycles. The number of hydrogen-bond acceptors (Lipinski definition) is 4. The van der Waals surface area contributed by atoms with Crippen molar-refractivity contribution in [3.05, 3.63) is 29.1 Å². The van der Waals surface area contributed by atoms with Gasteiger partial charge in [0, 0.05) is 19.0 Å². The zero-order valence-electron chi connectivity index (χ0n) is 8.28. The maximum atomic E-state index is 11.3. The van der Waals surface area contributed by atoms with E-state index in [1.54, 1.807) is 6.20 Å². The van der Waals surface area contributed by atoms with E-state index in [0.29, 0.717) is 12.0 Å². The van der Waals surface area contributed by atoms with Gasteiger partial charge in [0.1, 0.15) is 0 Å². The van der Waals surface area contributed by atoms with Crippen molar-refractivity contribution in [2.24, 2.45) is 0 Å². The minimum Gasteiger partial charge on any atom is -0.465 e. The Morgan fingerprint density at radius 1 is 1.57 bits per heavy atom. The van der Waals surface area contributed by atoms with Crippen LogP contribution in [0.1, 0.15) is 21.5 Å². The van der Waals surface area contributed by atoms with Gasteiger partial charge >= 0.3 is 5.97 Å². The molecule has 0 aliphatic rings. The third kappa shape index (κ3) is 2.09. The van der Waals surface area contributed by atoms with Crippen molar-refractivity contribution in [2.75, 3.05) is 13.7 Å². The van der Waals surface area contributed by atoms with Crippen molar-refractivity contribution in [1.82, 2.24) is 4.98 Å². The number of nitrogens with zero attached hydrogens (tertiary/aromatic N) is 1. The van der Waals surface area contributed by atoms with Crippen LogP contribution in [0.5, 0.6) is 0 Å². The molecule has 0 atom stereocenters. The summed E-state index contributed by atoms with van der Waals surface area (Å²) in [6.45, 7) is 1.87. The summed E-state index contributed by atoms with van der Waals surface area (Å²) in [5, 5.41) is 8.79. The highest BCUT2D eigenvalue weighted by atomic mass is 16.5. The van der Waals surface area contributed by atoms with Crippen molar-refractivity contribution in [2.45, 2.75) is 13.3 Å². The third-order valence-electron chi connectivity index (χ3n) is 2.11. The molecule has 76 valence electrons. The van der Waals surface area contributed by atoms with E-state index in [9.17, 15) is 4.79 Å². The number of carbonyl (C=O) groups excluding carboxylic acids is 1. The molecule has 0 saturated carbocycles. The number of methoxy groups -OCH3 is 1. The number of rotatable bonds is 3. The van der Waals surface area contributed by atoms with Crippen molar-refractivity contribution < 1.29 is 14.6 Å². The first-order chi connectivity index (χ1) is 6.70. The van der Waals surface area contributed by atoms with Gasteiger partial charge in [-0.05, 0) is 24.5 Å². The second-order valence-electron chi connectivity index (χ2n) is 2.94. The number of carbonyl (C=O) groups is 1. The normalized spacial score (nSPS) is 9.93. The van der Waals surface area contributed by atoms with Crippen molar-refractivity contribution in [3.8, 4) is 0 Å². The fourth-order valence-electron chi connectivity index (χ4n) is 1.26. The molecular formula is C10H13NO3. The minimum absolute atomic E-state index is 0.0488. The molecule has 4 nitrogen and oxygen atoms in total. The van der Waals surface area contributed by atoms with Crippen LogP contribution in [0, 0.1) is 6.92 Å². The van der Waals surface area contributed by atoms with Gasteiger partial charge in [0.15, 0.2) is 0 Å². The lowest BCUT2D eigenvalue weighted by Gasteiger charge is -2.07.